The van der Waals surface area contributed by atoms with E-state index in [2.05, 4.69) is 4.74 Å². The average Bonchev–Trinajstić information content (AvgIpc) is 2.53. The number of esters is 2. The highest BCUT2D eigenvalue weighted by Crippen LogP contribution is 2.27. The topological polar surface area (TPSA) is 107 Å². The lowest BCUT2D eigenvalue weighted by atomic mass is 10.1. The van der Waals surface area contributed by atoms with Gasteiger partial charge in [-0.2, -0.15) is 21.6 Å². The Morgan fingerprint density at radius 2 is 1.89 bits per heavy atom. The minimum atomic E-state index is -5.21. The van der Waals surface area contributed by atoms with Crippen molar-refractivity contribution in [1.29, 1.82) is 0 Å². The van der Waals surface area contributed by atoms with Gasteiger partial charge in [0.2, 0.25) is 6.10 Å². The Balaban J connectivity index is 3.06. The number of ether oxygens (including phenoxy) is 2. The second-order valence-corrected chi connectivity index (χ2v) is 8.22. The fourth-order valence-electron chi connectivity index (χ4n) is 1.67. The number of carbonyl (C=O) groups excluding carboxylic acids is 2. The summed E-state index contributed by atoms with van der Waals surface area (Å²) < 4.78 is 78.4. The minimum Gasteiger partial charge on any atom is -0.448 e. The normalized spacial score (nSPS) is 14.3. The Morgan fingerprint density at radius 3 is 2.37 bits per heavy atom. The van der Waals surface area contributed by atoms with Gasteiger partial charge in [-0.25, -0.2) is 4.79 Å². The van der Waals surface area contributed by atoms with E-state index in [1.165, 1.54) is 6.07 Å². The molecule has 0 aliphatic heterocycles. The largest absolute Gasteiger partial charge is 0.448 e. The van der Waals surface area contributed by atoms with Crippen molar-refractivity contribution in [2.45, 2.75) is 32.5 Å². The van der Waals surface area contributed by atoms with Crippen molar-refractivity contribution in [2.24, 2.45) is 5.92 Å². The maximum atomic E-state index is 12.8. The van der Waals surface area contributed by atoms with Crippen molar-refractivity contribution in [3.63, 3.8) is 0 Å². The third-order valence-corrected chi connectivity index (χ3v) is 4.98. The maximum absolute atomic E-state index is 12.8. The van der Waals surface area contributed by atoms with E-state index < -0.39 is 46.0 Å². The molecule has 7 nitrogen and oxygen atoms in total. The van der Waals surface area contributed by atoms with Crippen LogP contribution in [0.25, 0.3) is 0 Å². The lowest BCUT2D eigenvalue weighted by molar-refractivity contribution is -0.197. The van der Waals surface area contributed by atoms with Gasteiger partial charge >= 0.3 is 18.1 Å². The lowest BCUT2D eigenvalue weighted by Gasteiger charge is -2.19. The van der Waals surface area contributed by atoms with Crippen LogP contribution in [0.5, 0.6) is 5.75 Å². The Kier molecular flexibility index (Phi) is 8.04. The van der Waals surface area contributed by atoms with Crippen molar-refractivity contribution in [2.75, 3.05) is 5.75 Å². The average molecular weight is 524 g/mol. The third kappa shape index (κ3) is 7.62. The zero-order valence-electron chi connectivity index (χ0n) is 14.1. The van der Waals surface area contributed by atoms with Gasteiger partial charge in [0.05, 0.1) is 15.1 Å². The number of rotatable bonds is 7. The summed E-state index contributed by atoms with van der Waals surface area (Å²) in [5.41, 5.74) is -0.382. The molecule has 0 amide bonds. The van der Waals surface area contributed by atoms with Crippen LogP contribution < -0.4 is 4.74 Å². The molecular weight excluding hydrogens is 508 g/mol. The van der Waals surface area contributed by atoms with E-state index >= 15 is 0 Å². The molecule has 0 bridgehead atoms. The summed E-state index contributed by atoms with van der Waals surface area (Å²) >= 11 is 1.80. The monoisotopic (exact) mass is 524 g/mol. The minimum absolute atomic E-state index is 0.0475. The molecule has 27 heavy (non-hydrogen) atoms. The molecule has 2 atom stereocenters. The van der Waals surface area contributed by atoms with Crippen LogP contribution in [0.3, 0.4) is 0 Å². The summed E-state index contributed by atoms with van der Waals surface area (Å²) in [7, 11) is -5.05. The molecule has 0 aromatic heterocycles. The molecule has 2 unspecified atom stereocenters. The molecule has 0 fully saturated rings. The molecule has 152 valence electrons. The molecular formula is C15H16F3IO7S. The molecule has 0 radical (unpaired) electrons. The first kappa shape index (κ1) is 23.6. The van der Waals surface area contributed by atoms with Gasteiger partial charge in [-0.3, -0.25) is 9.35 Å². The summed E-state index contributed by atoms with van der Waals surface area (Å²) in [6.07, 6.45) is -7.76. The van der Waals surface area contributed by atoms with Crippen LogP contribution in [0, 0.1) is 9.49 Å². The first-order valence-corrected chi connectivity index (χ1v) is 10.2. The van der Waals surface area contributed by atoms with Gasteiger partial charge < -0.3 is 9.47 Å². The second-order valence-electron chi connectivity index (χ2n) is 5.56. The van der Waals surface area contributed by atoms with Crippen molar-refractivity contribution in [1.82, 2.24) is 0 Å². The summed E-state index contributed by atoms with van der Waals surface area (Å²) in [5.74, 6) is -4.38. The lowest BCUT2D eigenvalue weighted by Crippen LogP contribution is -2.39. The second kappa shape index (κ2) is 9.19. The SMILES string of the molecule is CCC(C)C(=O)Oc1cc(C(=O)OC(CS(=O)(=O)O)C(F)(F)F)ccc1I. The fourth-order valence-corrected chi connectivity index (χ4v) is 2.75. The summed E-state index contributed by atoms with van der Waals surface area (Å²) in [6, 6.07) is 3.47. The molecule has 0 aliphatic rings. The van der Waals surface area contributed by atoms with Crippen LogP contribution in [-0.4, -0.2) is 42.9 Å². The predicted octanol–water partition coefficient (Wildman–Crippen LogP) is 3.22. The molecule has 1 aromatic carbocycles. The number of alkyl halides is 3. The van der Waals surface area contributed by atoms with E-state index in [0.29, 0.717) is 9.99 Å². The zero-order valence-corrected chi connectivity index (χ0v) is 17.1. The number of hydrogen-bond acceptors (Lipinski definition) is 6. The van der Waals surface area contributed by atoms with Crippen molar-refractivity contribution in [3.8, 4) is 5.75 Å². The smallest absolute Gasteiger partial charge is 0.426 e. The molecule has 0 aliphatic carbocycles. The summed E-state index contributed by atoms with van der Waals surface area (Å²) in [5, 5.41) is 0. The molecule has 1 rings (SSSR count). The third-order valence-electron chi connectivity index (χ3n) is 3.37. The molecule has 1 aromatic rings. The van der Waals surface area contributed by atoms with Gasteiger partial charge in [0.15, 0.2) is 0 Å². The van der Waals surface area contributed by atoms with Crippen LogP contribution in [0.1, 0.15) is 30.6 Å². The summed E-state index contributed by atoms with van der Waals surface area (Å²) in [6.45, 7) is 3.38. The quantitative estimate of drug-likeness (QED) is 0.253. The molecule has 0 spiro atoms. The van der Waals surface area contributed by atoms with Gasteiger partial charge in [0, 0.05) is 0 Å². The predicted molar refractivity (Wildman–Crippen MR) is 95.9 cm³/mol. The highest BCUT2D eigenvalue weighted by molar-refractivity contribution is 14.1. The standard InChI is InChI=1S/C15H16F3IO7S/c1-3-8(2)13(20)25-11-6-9(4-5-10(11)19)14(21)26-12(15(16,17)18)7-27(22,23)24/h4-6,8,12H,3,7H2,1-2H3,(H,22,23,24). The van der Waals surface area contributed by atoms with Crippen molar-refractivity contribution in [3.05, 3.63) is 27.3 Å². The molecule has 0 saturated heterocycles. The fraction of sp³-hybridized carbons (Fsp3) is 0.467. The number of carbonyl (C=O) groups is 2. The van der Waals surface area contributed by atoms with E-state index in [4.69, 9.17) is 9.29 Å². The summed E-state index contributed by atoms with van der Waals surface area (Å²) in [4.78, 5) is 23.8. The Hall–Kier alpha value is -1.41. The highest BCUT2D eigenvalue weighted by Gasteiger charge is 2.45. The molecule has 12 heteroatoms. The Bertz CT molecular complexity index is 808. The molecule has 0 saturated carbocycles. The van der Waals surface area contributed by atoms with Crippen molar-refractivity contribution >= 4 is 44.6 Å². The number of hydrogen-bond donors (Lipinski definition) is 1. The van der Waals surface area contributed by atoms with E-state index in [1.807, 2.05) is 0 Å². The van der Waals surface area contributed by atoms with E-state index in [0.717, 1.165) is 12.1 Å². The molecule has 1 N–H and O–H groups in total. The molecule has 0 heterocycles. The first-order chi connectivity index (χ1) is 12.2. The van der Waals surface area contributed by atoms with Crippen LogP contribution in [0.4, 0.5) is 13.2 Å². The number of benzene rings is 1. The van der Waals surface area contributed by atoms with E-state index in [1.54, 1.807) is 36.4 Å². The Labute approximate surface area is 167 Å². The van der Waals surface area contributed by atoms with E-state index in [9.17, 15) is 31.2 Å². The van der Waals surface area contributed by atoms with Gasteiger partial charge in [-0.05, 0) is 47.2 Å². The van der Waals surface area contributed by atoms with E-state index in [-0.39, 0.29) is 11.3 Å². The highest BCUT2D eigenvalue weighted by atomic mass is 127. The van der Waals surface area contributed by atoms with Gasteiger partial charge in [-0.1, -0.05) is 13.8 Å². The van der Waals surface area contributed by atoms with Crippen LogP contribution in [-0.2, 0) is 19.6 Å². The van der Waals surface area contributed by atoms with Crippen molar-refractivity contribution < 1.29 is 45.2 Å². The van der Waals surface area contributed by atoms with Gasteiger partial charge in [-0.15, -0.1) is 0 Å². The number of halogens is 4. The maximum Gasteiger partial charge on any atom is 0.426 e. The van der Waals surface area contributed by atoms with Crippen LogP contribution >= 0.6 is 22.6 Å². The van der Waals surface area contributed by atoms with Gasteiger partial charge in [0.25, 0.3) is 10.1 Å². The van der Waals surface area contributed by atoms with Gasteiger partial charge in [0.1, 0.15) is 11.5 Å². The Morgan fingerprint density at radius 1 is 1.30 bits per heavy atom. The van der Waals surface area contributed by atoms with Crippen LogP contribution in [0.2, 0.25) is 0 Å². The first-order valence-electron chi connectivity index (χ1n) is 7.48. The zero-order chi connectivity index (χ0) is 21.0. The van der Waals surface area contributed by atoms with Crippen LogP contribution in [0.15, 0.2) is 18.2 Å².